The van der Waals surface area contributed by atoms with Gasteiger partial charge in [0, 0.05) is 19.4 Å². The van der Waals surface area contributed by atoms with Crippen molar-refractivity contribution in [2.75, 3.05) is 6.54 Å². The monoisotopic (exact) mass is 308 g/mol. The van der Waals surface area contributed by atoms with Crippen LogP contribution in [0.25, 0.3) is 0 Å². The number of amides is 1. The second kappa shape index (κ2) is 7.27. The number of aliphatic hydroxyl groups is 1. The summed E-state index contributed by atoms with van der Waals surface area (Å²) in [6.45, 7) is 9.42. The minimum atomic E-state index is -0.908. The number of hydrogen-bond donors (Lipinski definition) is 1. The van der Waals surface area contributed by atoms with Crippen LogP contribution in [0, 0.1) is 11.8 Å². The minimum Gasteiger partial charge on any atom is -0.445 e. The maximum atomic E-state index is 12.3. The van der Waals surface area contributed by atoms with Gasteiger partial charge >= 0.3 is 0 Å². The first-order valence-electron chi connectivity index (χ1n) is 8.31. The number of aromatic nitrogens is 1. The Morgan fingerprint density at radius 2 is 2.05 bits per heavy atom. The van der Waals surface area contributed by atoms with Crippen LogP contribution in [0.3, 0.4) is 0 Å². The lowest BCUT2D eigenvalue weighted by Gasteiger charge is -2.27. The van der Waals surface area contributed by atoms with Crippen LogP contribution in [0.1, 0.15) is 57.9 Å². The zero-order valence-corrected chi connectivity index (χ0v) is 14.1. The first-order valence-corrected chi connectivity index (χ1v) is 8.31. The molecule has 1 aromatic rings. The van der Waals surface area contributed by atoms with E-state index in [0.29, 0.717) is 37.8 Å². The highest BCUT2D eigenvalue weighted by Gasteiger charge is 2.29. The average Bonchev–Trinajstić information content (AvgIpc) is 2.85. The Labute approximate surface area is 132 Å². The third-order valence-corrected chi connectivity index (χ3v) is 4.00. The smallest absolute Gasteiger partial charge is 0.251 e. The number of carbonyl (C=O) groups excluding carboxylic acids is 1. The molecular formula is C17H28N2O3. The molecule has 2 heterocycles. The van der Waals surface area contributed by atoms with Gasteiger partial charge < -0.3 is 14.4 Å². The molecule has 0 bridgehead atoms. The minimum absolute atomic E-state index is 0.189. The Hall–Kier alpha value is -1.36. The van der Waals surface area contributed by atoms with Crippen LogP contribution in [-0.2, 0) is 24.2 Å². The third kappa shape index (κ3) is 4.32. The van der Waals surface area contributed by atoms with Gasteiger partial charge in [0.05, 0.1) is 6.54 Å². The number of aliphatic hydroxyl groups excluding tert-OH is 1. The van der Waals surface area contributed by atoms with Gasteiger partial charge in [-0.3, -0.25) is 4.79 Å². The largest absolute Gasteiger partial charge is 0.445 e. The van der Waals surface area contributed by atoms with E-state index >= 15 is 0 Å². The van der Waals surface area contributed by atoms with Gasteiger partial charge in [-0.1, -0.05) is 27.7 Å². The molecule has 0 fully saturated rings. The third-order valence-electron chi connectivity index (χ3n) is 4.00. The zero-order valence-electron chi connectivity index (χ0n) is 14.1. The average molecular weight is 308 g/mol. The molecule has 1 unspecified atom stereocenters. The second-order valence-corrected chi connectivity index (χ2v) is 7.07. The second-order valence-electron chi connectivity index (χ2n) is 7.07. The molecule has 0 spiro atoms. The summed E-state index contributed by atoms with van der Waals surface area (Å²) < 4.78 is 5.80. The first-order chi connectivity index (χ1) is 10.4. The molecule has 0 radical (unpaired) electrons. The molecule has 0 saturated carbocycles. The molecule has 1 amide bonds. The normalized spacial score (nSPS) is 16.2. The van der Waals surface area contributed by atoms with Gasteiger partial charge in [0.15, 0.2) is 5.89 Å². The number of fused-ring (bicyclic) bond motifs is 1. The number of rotatable bonds is 6. The number of carbonyl (C=O) groups is 1. The van der Waals surface area contributed by atoms with E-state index in [0.717, 1.165) is 30.2 Å². The summed E-state index contributed by atoms with van der Waals surface area (Å²) in [5.74, 6) is 2.41. The van der Waals surface area contributed by atoms with E-state index in [1.54, 1.807) is 4.90 Å². The van der Waals surface area contributed by atoms with Gasteiger partial charge in [-0.2, -0.15) is 0 Å². The Morgan fingerprint density at radius 1 is 1.32 bits per heavy atom. The lowest BCUT2D eigenvalue weighted by molar-refractivity contribution is -0.142. The maximum Gasteiger partial charge on any atom is 0.251 e. The Morgan fingerprint density at radius 3 is 2.68 bits per heavy atom. The van der Waals surface area contributed by atoms with Crippen LogP contribution >= 0.6 is 0 Å². The maximum absolute atomic E-state index is 12.3. The zero-order chi connectivity index (χ0) is 16.3. The van der Waals surface area contributed by atoms with Crippen LogP contribution in [0.5, 0.6) is 0 Å². The van der Waals surface area contributed by atoms with Crippen molar-refractivity contribution in [1.82, 2.24) is 9.88 Å². The van der Waals surface area contributed by atoms with Gasteiger partial charge in [-0.15, -0.1) is 0 Å². The number of aryl methyl sites for hydroxylation is 1. The fourth-order valence-electron chi connectivity index (χ4n) is 2.72. The SMILES string of the molecule is CC(C)CCc1nc2c(o1)CCN(C(=O)C(O)CC(C)C)C2. The van der Waals surface area contributed by atoms with Crippen molar-refractivity contribution in [3.05, 3.63) is 17.3 Å². The Kier molecular flexibility index (Phi) is 5.62. The Balaban J connectivity index is 1.97. The van der Waals surface area contributed by atoms with E-state index in [-0.39, 0.29) is 5.91 Å². The molecule has 1 atom stereocenters. The van der Waals surface area contributed by atoms with Crippen LogP contribution in [0.15, 0.2) is 4.42 Å². The summed E-state index contributed by atoms with van der Waals surface area (Å²) in [7, 11) is 0. The van der Waals surface area contributed by atoms with Crippen molar-refractivity contribution in [2.45, 2.75) is 66.0 Å². The van der Waals surface area contributed by atoms with E-state index in [1.807, 2.05) is 13.8 Å². The molecule has 1 aromatic heterocycles. The predicted octanol–water partition coefficient (Wildman–Crippen LogP) is 2.55. The quantitative estimate of drug-likeness (QED) is 0.877. The summed E-state index contributed by atoms with van der Waals surface area (Å²) in [6.07, 6.45) is 2.17. The van der Waals surface area contributed by atoms with Gasteiger partial charge in [0.25, 0.3) is 5.91 Å². The lowest BCUT2D eigenvalue weighted by Crippen LogP contribution is -2.42. The van der Waals surface area contributed by atoms with E-state index in [2.05, 4.69) is 18.8 Å². The van der Waals surface area contributed by atoms with E-state index in [1.165, 1.54) is 0 Å². The molecule has 124 valence electrons. The summed E-state index contributed by atoms with van der Waals surface area (Å²) >= 11 is 0. The lowest BCUT2D eigenvalue weighted by atomic mass is 10.0. The molecule has 5 nitrogen and oxygen atoms in total. The molecule has 22 heavy (non-hydrogen) atoms. The van der Waals surface area contributed by atoms with E-state index in [4.69, 9.17) is 4.42 Å². The highest BCUT2D eigenvalue weighted by molar-refractivity contribution is 5.80. The summed E-state index contributed by atoms with van der Waals surface area (Å²) in [5.41, 5.74) is 0.857. The molecule has 5 heteroatoms. The van der Waals surface area contributed by atoms with Crippen molar-refractivity contribution in [3.63, 3.8) is 0 Å². The van der Waals surface area contributed by atoms with Crippen molar-refractivity contribution in [1.29, 1.82) is 0 Å². The molecule has 1 aliphatic rings. The summed E-state index contributed by atoms with van der Waals surface area (Å²) in [5, 5.41) is 10.0. The van der Waals surface area contributed by atoms with E-state index in [9.17, 15) is 9.90 Å². The number of hydrogen-bond acceptors (Lipinski definition) is 4. The molecule has 2 rings (SSSR count). The molecule has 1 N–H and O–H groups in total. The van der Waals surface area contributed by atoms with Crippen molar-refractivity contribution in [2.24, 2.45) is 11.8 Å². The van der Waals surface area contributed by atoms with Crippen LogP contribution in [0.2, 0.25) is 0 Å². The van der Waals surface area contributed by atoms with Crippen molar-refractivity contribution in [3.8, 4) is 0 Å². The first kappa shape index (κ1) is 17.0. The van der Waals surface area contributed by atoms with Crippen molar-refractivity contribution < 1.29 is 14.3 Å². The number of nitrogens with zero attached hydrogens (tertiary/aromatic N) is 2. The Bertz CT molecular complexity index is 508. The molecular weight excluding hydrogens is 280 g/mol. The van der Waals surface area contributed by atoms with Crippen LogP contribution in [0.4, 0.5) is 0 Å². The van der Waals surface area contributed by atoms with Gasteiger partial charge in [0.1, 0.15) is 17.6 Å². The standard InChI is InChI=1S/C17H28N2O3/c1-11(2)5-6-16-18-13-10-19(8-7-15(13)22-16)17(21)14(20)9-12(3)4/h11-12,14,20H,5-10H2,1-4H3. The highest BCUT2D eigenvalue weighted by atomic mass is 16.4. The fourth-order valence-corrected chi connectivity index (χ4v) is 2.72. The predicted molar refractivity (Wildman–Crippen MR) is 84.2 cm³/mol. The number of oxazole rings is 1. The fraction of sp³-hybridized carbons (Fsp3) is 0.765. The van der Waals surface area contributed by atoms with Gasteiger partial charge in [-0.05, 0) is 24.7 Å². The van der Waals surface area contributed by atoms with Crippen LogP contribution < -0.4 is 0 Å². The van der Waals surface area contributed by atoms with Gasteiger partial charge in [-0.25, -0.2) is 4.98 Å². The topological polar surface area (TPSA) is 66.6 Å². The molecule has 0 aromatic carbocycles. The van der Waals surface area contributed by atoms with Crippen molar-refractivity contribution >= 4 is 5.91 Å². The highest BCUT2D eigenvalue weighted by Crippen LogP contribution is 2.22. The van der Waals surface area contributed by atoms with Gasteiger partial charge in [0.2, 0.25) is 0 Å². The summed E-state index contributed by atoms with van der Waals surface area (Å²) in [4.78, 5) is 18.5. The molecule has 0 aliphatic carbocycles. The molecule has 1 aliphatic heterocycles. The van der Waals surface area contributed by atoms with Crippen LogP contribution in [-0.4, -0.2) is 33.5 Å². The molecule has 0 saturated heterocycles. The summed E-state index contributed by atoms with van der Waals surface area (Å²) in [6, 6.07) is 0. The van der Waals surface area contributed by atoms with E-state index < -0.39 is 6.10 Å².